The van der Waals surface area contributed by atoms with E-state index < -0.39 is 11.4 Å². The Morgan fingerprint density at radius 2 is 1.90 bits per heavy atom. The van der Waals surface area contributed by atoms with Crippen molar-refractivity contribution in [3.05, 3.63) is 64.1 Å². The van der Waals surface area contributed by atoms with E-state index in [0.29, 0.717) is 25.2 Å². The Bertz CT molecular complexity index is 666. The second-order valence-corrected chi connectivity index (χ2v) is 6.20. The molecule has 21 heavy (non-hydrogen) atoms. The molecule has 1 N–H and O–H groups in total. The highest BCUT2D eigenvalue weighted by Crippen LogP contribution is 2.41. The smallest absolute Gasteiger partial charge is 0.314 e. The second kappa shape index (κ2) is 5.53. The summed E-state index contributed by atoms with van der Waals surface area (Å²) in [6.07, 6.45) is 0.950. The standard InChI is InChI=1S/C17H15BrO3/c18-13-7-5-12(6-8-13)11-17(16(19)20)9-10-21-15-4-2-1-3-14(15)17/h1-8H,9-11H2,(H,19,20). The summed E-state index contributed by atoms with van der Waals surface area (Å²) in [5.74, 6) is -0.107. The molecule has 0 aliphatic carbocycles. The van der Waals surface area contributed by atoms with E-state index in [4.69, 9.17) is 4.74 Å². The van der Waals surface area contributed by atoms with E-state index in [-0.39, 0.29) is 0 Å². The maximum absolute atomic E-state index is 12.0. The molecule has 2 aromatic rings. The van der Waals surface area contributed by atoms with Gasteiger partial charge in [0.25, 0.3) is 0 Å². The van der Waals surface area contributed by atoms with Gasteiger partial charge in [-0.2, -0.15) is 0 Å². The summed E-state index contributed by atoms with van der Waals surface area (Å²) >= 11 is 3.40. The molecule has 1 heterocycles. The lowest BCUT2D eigenvalue weighted by molar-refractivity contribution is -0.145. The van der Waals surface area contributed by atoms with E-state index in [9.17, 15) is 9.90 Å². The zero-order valence-corrected chi connectivity index (χ0v) is 13.0. The number of halogens is 1. The van der Waals surface area contributed by atoms with E-state index in [2.05, 4.69) is 15.9 Å². The molecule has 1 atom stereocenters. The van der Waals surface area contributed by atoms with Crippen molar-refractivity contribution in [3.8, 4) is 5.75 Å². The molecule has 1 unspecified atom stereocenters. The van der Waals surface area contributed by atoms with Crippen molar-refractivity contribution < 1.29 is 14.6 Å². The Hall–Kier alpha value is -1.81. The highest BCUT2D eigenvalue weighted by atomic mass is 79.9. The zero-order chi connectivity index (χ0) is 14.9. The summed E-state index contributed by atoms with van der Waals surface area (Å²) < 4.78 is 6.60. The predicted molar refractivity (Wildman–Crippen MR) is 83.7 cm³/mol. The molecule has 2 aromatic carbocycles. The number of aliphatic carboxylic acids is 1. The van der Waals surface area contributed by atoms with Crippen molar-refractivity contribution in [3.63, 3.8) is 0 Å². The average molecular weight is 347 g/mol. The Kier molecular flexibility index (Phi) is 3.72. The van der Waals surface area contributed by atoms with Crippen molar-refractivity contribution in [2.75, 3.05) is 6.61 Å². The largest absolute Gasteiger partial charge is 0.493 e. The minimum absolute atomic E-state index is 0.430. The van der Waals surface area contributed by atoms with E-state index in [0.717, 1.165) is 15.6 Å². The second-order valence-electron chi connectivity index (χ2n) is 5.29. The lowest BCUT2D eigenvalue weighted by Crippen LogP contribution is -2.42. The monoisotopic (exact) mass is 346 g/mol. The summed E-state index contributed by atoms with van der Waals surface area (Å²) in [5, 5.41) is 9.89. The van der Waals surface area contributed by atoms with Crippen LogP contribution in [0.25, 0.3) is 0 Å². The van der Waals surface area contributed by atoms with Crippen molar-refractivity contribution in [1.29, 1.82) is 0 Å². The molecule has 0 fully saturated rings. The highest BCUT2D eigenvalue weighted by molar-refractivity contribution is 9.10. The first-order chi connectivity index (χ1) is 10.1. The molecular formula is C17H15BrO3. The van der Waals surface area contributed by atoms with Crippen LogP contribution in [0.5, 0.6) is 5.75 Å². The molecule has 0 spiro atoms. The van der Waals surface area contributed by atoms with Crippen molar-refractivity contribution in [2.24, 2.45) is 0 Å². The minimum atomic E-state index is -0.914. The van der Waals surface area contributed by atoms with Crippen molar-refractivity contribution in [2.45, 2.75) is 18.3 Å². The molecule has 0 bridgehead atoms. The number of para-hydroxylation sites is 1. The fourth-order valence-electron chi connectivity index (χ4n) is 2.89. The molecule has 3 rings (SSSR count). The fourth-order valence-corrected chi connectivity index (χ4v) is 3.15. The van der Waals surface area contributed by atoms with Crippen LogP contribution in [0.1, 0.15) is 17.5 Å². The van der Waals surface area contributed by atoms with E-state index >= 15 is 0 Å². The average Bonchev–Trinajstić information content (AvgIpc) is 2.50. The van der Waals surface area contributed by atoms with Crippen LogP contribution in [0, 0.1) is 0 Å². The van der Waals surface area contributed by atoms with E-state index in [1.165, 1.54) is 0 Å². The Labute approximate surface area is 131 Å². The first-order valence-electron chi connectivity index (χ1n) is 6.82. The van der Waals surface area contributed by atoms with Crippen molar-refractivity contribution >= 4 is 21.9 Å². The van der Waals surface area contributed by atoms with Crippen LogP contribution in [0.2, 0.25) is 0 Å². The number of hydrogen-bond acceptors (Lipinski definition) is 2. The van der Waals surface area contributed by atoms with Crippen LogP contribution in [-0.4, -0.2) is 17.7 Å². The first kappa shape index (κ1) is 14.1. The van der Waals surface area contributed by atoms with Gasteiger partial charge in [-0.15, -0.1) is 0 Å². The van der Waals surface area contributed by atoms with Gasteiger partial charge in [-0.1, -0.05) is 46.3 Å². The van der Waals surface area contributed by atoms with Gasteiger partial charge in [0.1, 0.15) is 11.2 Å². The molecule has 0 radical (unpaired) electrons. The van der Waals surface area contributed by atoms with Gasteiger partial charge in [-0.3, -0.25) is 4.79 Å². The topological polar surface area (TPSA) is 46.5 Å². The van der Waals surface area contributed by atoms with Crippen LogP contribution in [0.15, 0.2) is 53.0 Å². The van der Waals surface area contributed by atoms with Gasteiger partial charge >= 0.3 is 5.97 Å². The van der Waals surface area contributed by atoms with E-state index in [1.54, 1.807) is 0 Å². The molecule has 3 nitrogen and oxygen atoms in total. The van der Waals surface area contributed by atoms with Gasteiger partial charge in [0, 0.05) is 16.5 Å². The molecular weight excluding hydrogens is 332 g/mol. The van der Waals surface area contributed by atoms with Gasteiger partial charge in [-0.05, 0) is 30.2 Å². The van der Waals surface area contributed by atoms with Gasteiger partial charge < -0.3 is 9.84 Å². The third-order valence-electron chi connectivity index (χ3n) is 4.02. The number of fused-ring (bicyclic) bond motifs is 1. The molecule has 1 aliphatic rings. The van der Waals surface area contributed by atoms with E-state index in [1.807, 2.05) is 48.5 Å². The number of hydrogen-bond donors (Lipinski definition) is 1. The maximum atomic E-state index is 12.0. The number of carboxylic acid groups (broad SMARTS) is 1. The molecule has 1 aliphatic heterocycles. The summed E-state index contributed by atoms with van der Waals surface area (Å²) in [6, 6.07) is 15.3. The summed E-state index contributed by atoms with van der Waals surface area (Å²) in [7, 11) is 0. The summed E-state index contributed by atoms with van der Waals surface area (Å²) in [5.41, 5.74) is 0.867. The molecule has 0 saturated carbocycles. The van der Waals surface area contributed by atoms with Crippen LogP contribution in [0.3, 0.4) is 0 Å². The SMILES string of the molecule is O=C(O)C1(Cc2ccc(Br)cc2)CCOc2ccccc21. The van der Waals surface area contributed by atoms with Crippen LogP contribution < -0.4 is 4.74 Å². The lowest BCUT2D eigenvalue weighted by atomic mass is 9.72. The maximum Gasteiger partial charge on any atom is 0.314 e. The minimum Gasteiger partial charge on any atom is -0.493 e. The number of ether oxygens (including phenoxy) is 1. The molecule has 0 saturated heterocycles. The molecule has 0 amide bonds. The fraction of sp³-hybridized carbons (Fsp3) is 0.235. The van der Waals surface area contributed by atoms with Crippen molar-refractivity contribution in [1.82, 2.24) is 0 Å². The predicted octanol–water partition coefficient (Wildman–Crippen LogP) is 3.80. The third kappa shape index (κ3) is 2.56. The molecule has 108 valence electrons. The summed E-state index contributed by atoms with van der Waals surface area (Å²) in [6.45, 7) is 0.430. The number of carboxylic acids is 1. The number of carbonyl (C=O) groups is 1. The summed E-state index contributed by atoms with van der Waals surface area (Å²) in [4.78, 5) is 12.0. The van der Waals surface area contributed by atoms with Crippen LogP contribution >= 0.6 is 15.9 Å². The Balaban J connectivity index is 2.05. The zero-order valence-electron chi connectivity index (χ0n) is 11.4. The normalized spacial score (nSPS) is 20.4. The third-order valence-corrected chi connectivity index (χ3v) is 4.55. The van der Waals surface area contributed by atoms with Gasteiger partial charge in [-0.25, -0.2) is 0 Å². The highest BCUT2D eigenvalue weighted by Gasteiger charge is 2.44. The first-order valence-corrected chi connectivity index (χ1v) is 7.61. The Morgan fingerprint density at radius 1 is 1.19 bits per heavy atom. The van der Waals surface area contributed by atoms with Gasteiger partial charge in [0.15, 0.2) is 0 Å². The number of rotatable bonds is 3. The van der Waals surface area contributed by atoms with Gasteiger partial charge in [0.2, 0.25) is 0 Å². The molecule has 4 heteroatoms. The Morgan fingerprint density at radius 3 is 2.62 bits per heavy atom. The lowest BCUT2D eigenvalue weighted by Gasteiger charge is -2.35. The molecule has 0 aromatic heterocycles. The van der Waals surface area contributed by atoms with Crippen LogP contribution in [-0.2, 0) is 16.6 Å². The van der Waals surface area contributed by atoms with Gasteiger partial charge in [0.05, 0.1) is 6.61 Å². The van der Waals surface area contributed by atoms with Crippen LogP contribution in [0.4, 0.5) is 0 Å². The quantitative estimate of drug-likeness (QED) is 0.919. The number of benzene rings is 2.